The number of pyridine rings is 1. The predicted molar refractivity (Wildman–Crippen MR) is 60.6 cm³/mol. The molecule has 1 aromatic rings. The lowest BCUT2D eigenvalue weighted by Gasteiger charge is -2.31. The second-order valence-corrected chi connectivity index (χ2v) is 3.96. The first-order valence-electron chi connectivity index (χ1n) is 5.30. The van der Waals surface area contributed by atoms with Crippen molar-refractivity contribution in [2.24, 2.45) is 0 Å². The summed E-state index contributed by atoms with van der Waals surface area (Å²) in [5.41, 5.74) is -0.259. The summed E-state index contributed by atoms with van der Waals surface area (Å²) in [7, 11) is 1.69. The molecule has 1 aliphatic rings. The van der Waals surface area contributed by atoms with Crippen LogP contribution in [0, 0.1) is 0 Å². The number of H-pyrrole nitrogens is 1. The Bertz CT molecular complexity index is 509. The van der Waals surface area contributed by atoms with Crippen molar-refractivity contribution in [1.29, 1.82) is 0 Å². The highest BCUT2D eigenvalue weighted by Crippen LogP contribution is 2.05. The van der Waals surface area contributed by atoms with Crippen molar-refractivity contribution in [3.63, 3.8) is 0 Å². The number of hydrogen-bond donors (Lipinski definition) is 1. The molecular formula is C11H13N3O3. The molecule has 0 bridgehead atoms. The van der Waals surface area contributed by atoms with Crippen LogP contribution < -0.4 is 5.43 Å². The third-order valence-corrected chi connectivity index (χ3v) is 2.80. The number of aromatic nitrogens is 1. The first kappa shape index (κ1) is 11.4. The van der Waals surface area contributed by atoms with E-state index in [1.54, 1.807) is 11.9 Å². The van der Waals surface area contributed by atoms with Crippen LogP contribution >= 0.6 is 0 Å². The van der Waals surface area contributed by atoms with Crippen LogP contribution in [-0.2, 0) is 4.79 Å². The van der Waals surface area contributed by atoms with E-state index in [0.29, 0.717) is 13.1 Å². The zero-order valence-electron chi connectivity index (χ0n) is 9.47. The SMILES string of the molecule is CN1CCN(C(=O)c2c[nH]ccc2=O)CC1=O. The quantitative estimate of drug-likeness (QED) is 0.698. The van der Waals surface area contributed by atoms with Crippen LogP contribution in [0.25, 0.3) is 0 Å². The van der Waals surface area contributed by atoms with Gasteiger partial charge < -0.3 is 14.8 Å². The molecule has 6 heteroatoms. The van der Waals surface area contributed by atoms with Crippen LogP contribution in [0.5, 0.6) is 0 Å². The molecule has 1 saturated heterocycles. The Kier molecular flexibility index (Phi) is 2.95. The summed E-state index contributed by atoms with van der Waals surface area (Å²) in [4.78, 5) is 40.6. The molecule has 0 saturated carbocycles. The van der Waals surface area contributed by atoms with Crippen molar-refractivity contribution in [1.82, 2.24) is 14.8 Å². The molecule has 2 rings (SSSR count). The average Bonchev–Trinajstić information content (AvgIpc) is 2.32. The molecule has 1 aromatic heterocycles. The van der Waals surface area contributed by atoms with Gasteiger partial charge in [0.1, 0.15) is 12.1 Å². The van der Waals surface area contributed by atoms with Crippen LogP contribution in [0.15, 0.2) is 23.3 Å². The van der Waals surface area contributed by atoms with Gasteiger partial charge in [0.2, 0.25) is 5.91 Å². The van der Waals surface area contributed by atoms with Crippen molar-refractivity contribution in [2.75, 3.05) is 26.7 Å². The van der Waals surface area contributed by atoms with Crippen molar-refractivity contribution in [2.45, 2.75) is 0 Å². The Hall–Kier alpha value is -2.11. The summed E-state index contributed by atoms with van der Waals surface area (Å²) in [6.45, 7) is 0.981. The summed E-state index contributed by atoms with van der Waals surface area (Å²) in [5, 5.41) is 0. The lowest BCUT2D eigenvalue weighted by atomic mass is 10.2. The third kappa shape index (κ3) is 2.20. The molecule has 2 amide bonds. The number of nitrogens with zero attached hydrogens (tertiary/aromatic N) is 2. The number of piperazine rings is 1. The number of hydrogen-bond acceptors (Lipinski definition) is 3. The minimum Gasteiger partial charge on any atom is -0.367 e. The van der Waals surface area contributed by atoms with E-state index in [4.69, 9.17) is 0 Å². The second-order valence-electron chi connectivity index (χ2n) is 3.96. The summed E-state index contributed by atoms with van der Waals surface area (Å²) in [6.07, 6.45) is 2.84. The molecule has 0 atom stereocenters. The zero-order valence-corrected chi connectivity index (χ0v) is 9.47. The van der Waals surface area contributed by atoms with Gasteiger partial charge in [0.25, 0.3) is 5.91 Å². The molecule has 2 heterocycles. The number of nitrogens with one attached hydrogen (secondary N) is 1. The van der Waals surface area contributed by atoms with Crippen molar-refractivity contribution >= 4 is 11.8 Å². The molecule has 1 aliphatic heterocycles. The van der Waals surface area contributed by atoms with Gasteiger partial charge in [0, 0.05) is 38.6 Å². The van der Waals surface area contributed by atoms with E-state index in [2.05, 4.69) is 4.98 Å². The Morgan fingerprint density at radius 2 is 2.12 bits per heavy atom. The molecule has 0 aromatic carbocycles. The minimum atomic E-state index is -0.395. The Balaban J connectivity index is 2.19. The van der Waals surface area contributed by atoms with Gasteiger partial charge in [-0.3, -0.25) is 14.4 Å². The summed E-state index contributed by atoms with van der Waals surface area (Å²) in [6, 6.07) is 1.30. The predicted octanol–water partition coefficient (Wildman–Crippen LogP) is -0.711. The van der Waals surface area contributed by atoms with E-state index in [9.17, 15) is 14.4 Å². The van der Waals surface area contributed by atoms with E-state index in [-0.39, 0.29) is 23.4 Å². The van der Waals surface area contributed by atoms with Gasteiger partial charge in [-0.05, 0) is 0 Å². The van der Waals surface area contributed by atoms with Crippen LogP contribution in [-0.4, -0.2) is 53.3 Å². The molecule has 1 N–H and O–H groups in total. The molecular weight excluding hydrogens is 222 g/mol. The first-order chi connectivity index (χ1) is 8.09. The number of rotatable bonds is 1. The standard InChI is InChI=1S/C11H13N3O3/c1-13-4-5-14(7-10(13)16)11(17)8-6-12-3-2-9(8)15/h2-3,6H,4-5,7H2,1H3,(H,12,15). The van der Waals surface area contributed by atoms with Crippen LogP contribution in [0.2, 0.25) is 0 Å². The van der Waals surface area contributed by atoms with Gasteiger partial charge >= 0.3 is 0 Å². The fourth-order valence-corrected chi connectivity index (χ4v) is 1.69. The highest BCUT2D eigenvalue weighted by Gasteiger charge is 2.26. The molecule has 0 spiro atoms. The molecule has 0 unspecified atom stereocenters. The number of aromatic amines is 1. The Labute approximate surface area is 97.8 Å². The molecule has 17 heavy (non-hydrogen) atoms. The summed E-state index contributed by atoms with van der Waals surface area (Å²) >= 11 is 0. The minimum absolute atomic E-state index is 0.0314. The monoisotopic (exact) mass is 235 g/mol. The summed E-state index contributed by atoms with van der Waals surface area (Å²) < 4.78 is 0. The maximum absolute atomic E-state index is 12.0. The zero-order chi connectivity index (χ0) is 12.4. The highest BCUT2D eigenvalue weighted by molar-refractivity contribution is 5.96. The topological polar surface area (TPSA) is 73.5 Å². The smallest absolute Gasteiger partial charge is 0.259 e. The molecule has 0 aliphatic carbocycles. The van der Waals surface area contributed by atoms with Crippen molar-refractivity contribution < 1.29 is 9.59 Å². The maximum atomic E-state index is 12.0. The first-order valence-corrected chi connectivity index (χ1v) is 5.30. The van der Waals surface area contributed by atoms with Crippen LogP contribution in [0.1, 0.15) is 10.4 Å². The van der Waals surface area contributed by atoms with Gasteiger partial charge in [-0.15, -0.1) is 0 Å². The van der Waals surface area contributed by atoms with Gasteiger partial charge in [-0.2, -0.15) is 0 Å². The van der Waals surface area contributed by atoms with Crippen molar-refractivity contribution in [3.05, 3.63) is 34.2 Å². The fraction of sp³-hybridized carbons (Fsp3) is 0.364. The third-order valence-electron chi connectivity index (χ3n) is 2.80. The Morgan fingerprint density at radius 3 is 2.76 bits per heavy atom. The van der Waals surface area contributed by atoms with E-state index < -0.39 is 5.91 Å². The number of likely N-dealkylation sites (N-methyl/N-ethyl adjacent to an activating group) is 1. The number of carbonyl (C=O) groups is 2. The number of carbonyl (C=O) groups excluding carboxylic acids is 2. The molecule has 1 fully saturated rings. The van der Waals surface area contributed by atoms with E-state index in [0.717, 1.165) is 0 Å². The maximum Gasteiger partial charge on any atom is 0.259 e. The van der Waals surface area contributed by atoms with E-state index >= 15 is 0 Å². The van der Waals surface area contributed by atoms with Crippen molar-refractivity contribution in [3.8, 4) is 0 Å². The second kappa shape index (κ2) is 4.40. The van der Waals surface area contributed by atoms with E-state index in [1.807, 2.05) is 0 Å². The fourth-order valence-electron chi connectivity index (χ4n) is 1.69. The largest absolute Gasteiger partial charge is 0.367 e. The van der Waals surface area contributed by atoms with Gasteiger partial charge in [-0.25, -0.2) is 0 Å². The van der Waals surface area contributed by atoms with Crippen LogP contribution in [0.4, 0.5) is 0 Å². The van der Waals surface area contributed by atoms with Gasteiger partial charge in [0.05, 0.1) is 0 Å². The molecule has 0 radical (unpaired) electrons. The Morgan fingerprint density at radius 1 is 1.35 bits per heavy atom. The highest BCUT2D eigenvalue weighted by atomic mass is 16.2. The lowest BCUT2D eigenvalue weighted by molar-refractivity contribution is -0.133. The van der Waals surface area contributed by atoms with E-state index in [1.165, 1.54) is 23.4 Å². The average molecular weight is 235 g/mol. The van der Waals surface area contributed by atoms with Crippen LogP contribution in [0.3, 0.4) is 0 Å². The van der Waals surface area contributed by atoms with Gasteiger partial charge in [0.15, 0.2) is 5.43 Å². The molecule has 6 nitrogen and oxygen atoms in total. The molecule has 90 valence electrons. The number of amides is 2. The van der Waals surface area contributed by atoms with Gasteiger partial charge in [-0.1, -0.05) is 0 Å². The summed E-state index contributed by atoms with van der Waals surface area (Å²) in [5.74, 6) is -0.509. The normalized spacial score (nSPS) is 16.2. The lowest BCUT2D eigenvalue weighted by Crippen LogP contribution is -2.51.